The fourth-order valence-corrected chi connectivity index (χ4v) is 14.3. The number of rotatable bonds is 0. The van der Waals surface area contributed by atoms with Gasteiger partial charge in [0, 0.05) is 0 Å². The zero-order valence-corrected chi connectivity index (χ0v) is 35.8. The highest BCUT2D eigenvalue weighted by Crippen LogP contribution is 2.47. The van der Waals surface area contributed by atoms with E-state index in [9.17, 15) is 57.5 Å². The maximum Gasteiger partial charge on any atom is 0.326 e. The molecule has 0 radical (unpaired) electrons. The van der Waals surface area contributed by atoms with E-state index in [1.54, 1.807) is 0 Å². The van der Waals surface area contributed by atoms with Crippen LogP contribution in [0.15, 0.2) is 0 Å². The first kappa shape index (κ1) is 37.2. The third-order valence-corrected chi connectivity index (χ3v) is 17.2. The molecule has 17 aliphatic rings. The monoisotopic (exact) mass is 972 g/mol. The minimum Gasteiger partial charge on any atom is -0.314 e. The highest BCUT2D eigenvalue weighted by atomic mass is 16.2. The van der Waals surface area contributed by atoms with Gasteiger partial charge in [0.25, 0.3) is 0 Å². The molecule has 0 aromatic rings. The lowest BCUT2D eigenvalue weighted by atomic mass is 10.3. The lowest BCUT2D eigenvalue weighted by Gasteiger charge is -2.41. The number of nitrogens with zero attached hydrogens (tertiary/aromatic N) is 20. The van der Waals surface area contributed by atoms with Crippen LogP contribution in [0.4, 0.5) is 57.5 Å². The van der Waals surface area contributed by atoms with Gasteiger partial charge in [-0.3, -0.25) is 98.0 Å². The second kappa shape index (κ2) is 11.2. The molecular formula is C34H36N24O12. The molecule has 17 fully saturated rings. The molecule has 24 amide bonds. The van der Waals surface area contributed by atoms with Crippen LogP contribution < -0.4 is 21.3 Å². The Morgan fingerprint density at radius 3 is 0.543 bits per heavy atom. The molecule has 12 bridgehead atoms. The number of hydrogen-bond acceptors (Lipinski definition) is 12. The van der Waals surface area contributed by atoms with Gasteiger partial charge in [0.2, 0.25) is 0 Å². The fraction of sp³-hybridized carbons (Fsp3) is 0.647. The fourth-order valence-electron chi connectivity index (χ4n) is 14.3. The highest BCUT2D eigenvalue weighted by molar-refractivity contribution is 5.94. The molecule has 0 aromatic carbocycles. The zero-order chi connectivity index (χ0) is 47.3. The first-order valence-electron chi connectivity index (χ1n) is 22.6. The number of carbonyl (C=O) groups excluding carboxylic acids is 12. The second-order valence-electron chi connectivity index (χ2n) is 20.0. The summed E-state index contributed by atoms with van der Waals surface area (Å²) in [5.74, 6) is 0. The molecule has 0 spiro atoms. The van der Waals surface area contributed by atoms with Gasteiger partial charge in [-0.2, -0.15) is 0 Å². The molecule has 17 rings (SSSR count). The Hall–Kier alpha value is -8.76. The predicted octanol–water partition coefficient (Wildman–Crippen LogP) is -6.46. The van der Waals surface area contributed by atoms with Crippen LogP contribution in [0.1, 0.15) is 0 Å². The van der Waals surface area contributed by atoms with Gasteiger partial charge in [0.15, 0.2) is 49.3 Å². The van der Waals surface area contributed by atoms with E-state index in [-0.39, 0.29) is 0 Å². The van der Waals surface area contributed by atoms with Crippen molar-refractivity contribution in [1.82, 2.24) is 119 Å². The van der Waals surface area contributed by atoms with Crippen LogP contribution in [-0.4, -0.2) is 311 Å². The van der Waals surface area contributed by atoms with Gasteiger partial charge >= 0.3 is 72.4 Å². The molecule has 12 unspecified atom stereocenters. The molecule has 36 nitrogen and oxygen atoms in total. The van der Waals surface area contributed by atoms with Crippen molar-refractivity contribution in [3.8, 4) is 0 Å². The summed E-state index contributed by atoms with van der Waals surface area (Å²) >= 11 is 0. The Bertz CT molecular complexity index is 2430. The number of nitrogens with one attached hydrogen (secondary N) is 4. The van der Waals surface area contributed by atoms with Crippen molar-refractivity contribution in [2.75, 3.05) is 66.7 Å². The van der Waals surface area contributed by atoms with Gasteiger partial charge in [-0.05, 0) is 0 Å². The van der Waals surface area contributed by atoms with E-state index < -0.39 is 213 Å². The summed E-state index contributed by atoms with van der Waals surface area (Å²) < 4.78 is 0. The van der Waals surface area contributed by atoms with Gasteiger partial charge in [-0.1, -0.05) is 0 Å². The standard InChI is InChI=1S/C34H36N24O12/c59-23-35-11-15-43(23)3-51-19-21-53(31(51)67)5-45-17-13(37-25(45)61)41-2-42-14-18-46(26(62)38-14)6-54-22-20-52(32(54)68)4-44-16-12(36-24(44)60)40(28(64)48(16)8-56(20)34(70)58(22)10-50(18)30(42)66)1-39(11)27(63)47(15)7-55(19)33(69)57(21)9-49(17)29(41)65/h11-22H,1-10H2,(H,35,59)(H,36,60)(H,37,61)(H,38,62). The van der Waals surface area contributed by atoms with Crippen molar-refractivity contribution in [3.63, 3.8) is 0 Å². The smallest absolute Gasteiger partial charge is 0.314 e. The van der Waals surface area contributed by atoms with Crippen LogP contribution in [0.25, 0.3) is 0 Å². The lowest BCUT2D eigenvalue weighted by molar-refractivity contribution is -0.0118. The van der Waals surface area contributed by atoms with E-state index in [4.69, 9.17) is 0 Å². The third-order valence-electron chi connectivity index (χ3n) is 17.2. The van der Waals surface area contributed by atoms with Crippen molar-refractivity contribution in [2.45, 2.75) is 74.0 Å². The first-order valence-corrected chi connectivity index (χ1v) is 22.6. The molecule has 4 N–H and O–H groups in total. The Balaban J connectivity index is 0.828. The van der Waals surface area contributed by atoms with Crippen molar-refractivity contribution < 1.29 is 57.5 Å². The van der Waals surface area contributed by atoms with E-state index in [1.165, 1.54) is 98.0 Å². The molecule has 0 aromatic heterocycles. The van der Waals surface area contributed by atoms with Gasteiger partial charge in [-0.15, -0.1) is 0 Å². The molecule has 70 heavy (non-hydrogen) atoms. The van der Waals surface area contributed by atoms with Crippen molar-refractivity contribution in [1.29, 1.82) is 0 Å². The Labute approximate surface area is 389 Å². The quantitative estimate of drug-likeness (QED) is 0.176. The molecule has 12 atom stereocenters. The van der Waals surface area contributed by atoms with E-state index in [1.807, 2.05) is 0 Å². The third kappa shape index (κ3) is 3.76. The topological polar surface area (TPSA) is 318 Å². The summed E-state index contributed by atoms with van der Waals surface area (Å²) in [4.78, 5) is 200. The van der Waals surface area contributed by atoms with Gasteiger partial charge in [0.05, 0.1) is 0 Å². The Morgan fingerprint density at radius 1 is 0.200 bits per heavy atom. The number of fused-ring (bicyclic) bond motifs is 8. The molecule has 17 aliphatic heterocycles. The predicted molar refractivity (Wildman–Crippen MR) is 208 cm³/mol. The molecule has 17 heterocycles. The van der Waals surface area contributed by atoms with Gasteiger partial charge < -0.3 is 21.3 Å². The van der Waals surface area contributed by atoms with Crippen LogP contribution in [0.3, 0.4) is 0 Å². The van der Waals surface area contributed by atoms with Crippen LogP contribution in [0, 0.1) is 0 Å². The molecule has 364 valence electrons. The van der Waals surface area contributed by atoms with E-state index in [2.05, 4.69) is 21.3 Å². The second-order valence-corrected chi connectivity index (χ2v) is 20.0. The minimum absolute atomic E-state index is 0.424. The maximum absolute atomic E-state index is 14.9. The van der Waals surface area contributed by atoms with Crippen molar-refractivity contribution >= 4 is 72.4 Å². The van der Waals surface area contributed by atoms with E-state index >= 15 is 0 Å². The van der Waals surface area contributed by atoms with Crippen LogP contribution in [0.5, 0.6) is 0 Å². The maximum atomic E-state index is 14.9. The molecular weight excluding hydrogens is 937 g/mol. The summed E-state index contributed by atoms with van der Waals surface area (Å²) in [5, 5.41) is 11.2. The summed E-state index contributed by atoms with van der Waals surface area (Å²) in [6.45, 7) is -4.64. The summed E-state index contributed by atoms with van der Waals surface area (Å²) in [6, 6.07) is -8.21. The summed E-state index contributed by atoms with van der Waals surface area (Å²) in [7, 11) is 0. The van der Waals surface area contributed by atoms with Gasteiger partial charge in [-0.25, -0.2) is 57.5 Å². The largest absolute Gasteiger partial charge is 0.326 e. The number of urea groups is 12. The van der Waals surface area contributed by atoms with E-state index in [0.29, 0.717) is 0 Å². The average molecular weight is 973 g/mol. The number of hydrogen-bond donors (Lipinski definition) is 4. The number of amides is 24. The SMILES string of the molecule is O=C1NC2C3N1CN1C(=O)N4CN5C(=O)NC6C5N5CN7C(=O)N(CN3C(=O)N2CN2C(=O)N3CN8C(=O)N9CN%10C(=O)N(CN6C5=O)C5NC(=O)N(CN6C(=O)N(CN%11C(=O)NC2C%113)C8C69)C5%10)C1C47. The normalized spacial score (nSPS) is 39.7. The summed E-state index contributed by atoms with van der Waals surface area (Å²) in [5.41, 5.74) is 0. The van der Waals surface area contributed by atoms with E-state index in [0.717, 1.165) is 0 Å². The average Bonchev–Trinajstić information content (AvgIpc) is 4.22. The van der Waals surface area contributed by atoms with Crippen molar-refractivity contribution in [2.24, 2.45) is 0 Å². The molecule has 36 heteroatoms. The Kier molecular flexibility index (Phi) is 5.97. The van der Waals surface area contributed by atoms with Crippen molar-refractivity contribution in [3.05, 3.63) is 0 Å². The lowest BCUT2D eigenvalue weighted by Crippen LogP contribution is -2.62. The minimum atomic E-state index is -1.16. The molecule has 0 aliphatic carbocycles. The summed E-state index contributed by atoms with van der Waals surface area (Å²) in [6.07, 6.45) is -13.7. The Morgan fingerprint density at radius 2 is 0.343 bits per heavy atom. The highest BCUT2D eigenvalue weighted by Gasteiger charge is 2.72. The first-order chi connectivity index (χ1) is 33.7. The van der Waals surface area contributed by atoms with Crippen LogP contribution >= 0.6 is 0 Å². The molecule has 0 saturated carbocycles. The van der Waals surface area contributed by atoms with Crippen LogP contribution in [-0.2, 0) is 0 Å². The zero-order valence-electron chi connectivity index (χ0n) is 35.8. The molecule has 17 saturated heterocycles. The number of carbonyl (C=O) groups is 12. The van der Waals surface area contributed by atoms with Gasteiger partial charge in [0.1, 0.15) is 91.4 Å². The van der Waals surface area contributed by atoms with Crippen LogP contribution in [0.2, 0.25) is 0 Å².